The third-order valence-electron chi connectivity index (χ3n) is 1.95. The normalized spacial score (nSPS) is 9.50. The molecule has 0 aliphatic heterocycles. The van der Waals surface area contributed by atoms with Gasteiger partial charge in [-0.1, -0.05) is 6.07 Å². The molecule has 0 heterocycles. The van der Waals surface area contributed by atoms with Crippen LogP contribution in [-0.4, -0.2) is 5.11 Å². The number of aryl methyl sites for hydroxylation is 1. The molecule has 0 spiro atoms. The first-order valence-corrected chi connectivity index (χ1v) is 3.80. The number of nitriles is 1. The summed E-state index contributed by atoms with van der Waals surface area (Å²) >= 11 is 0. The number of hydrogen-bond acceptors (Lipinski definition) is 2. The van der Waals surface area contributed by atoms with Crippen LogP contribution in [-0.2, 0) is 6.61 Å². The molecule has 62 valence electrons. The van der Waals surface area contributed by atoms with Crippen LogP contribution in [0.2, 0.25) is 0 Å². The van der Waals surface area contributed by atoms with Crippen LogP contribution < -0.4 is 0 Å². The van der Waals surface area contributed by atoms with Gasteiger partial charge in [-0.15, -0.1) is 0 Å². The van der Waals surface area contributed by atoms with E-state index >= 15 is 0 Å². The van der Waals surface area contributed by atoms with Crippen LogP contribution in [0.25, 0.3) is 0 Å². The number of nitrogens with zero attached hydrogens (tertiary/aromatic N) is 1. The first-order chi connectivity index (χ1) is 5.69. The molecule has 0 unspecified atom stereocenters. The Balaban J connectivity index is 3.34. The van der Waals surface area contributed by atoms with Gasteiger partial charge in [-0.05, 0) is 36.6 Å². The van der Waals surface area contributed by atoms with Gasteiger partial charge in [0.2, 0.25) is 0 Å². The Labute approximate surface area is 72.1 Å². The second-order valence-electron chi connectivity index (χ2n) is 2.87. The second-order valence-corrected chi connectivity index (χ2v) is 2.87. The fraction of sp³-hybridized carbons (Fsp3) is 0.300. The zero-order chi connectivity index (χ0) is 9.14. The Hall–Kier alpha value is -1.33. The van der Waals surface area contributed by atoms with E-state index in [9.17, 15) is 0 Å². The molecule has 1 aromatic carbocycles. The number of aliphatic hydroxyl groups is 1. The molecule has 0 saturated heterocycles. The largest absolute Gasteiger partial charge is 0.392 e. The van der Waals surface area contributed by atoms with Gasteiger partial charge in [0.25, 0.3) is 0 Å². The van der Waals surface area contributed by atoms with Gasteiger partial charge in [-0.3, -0.25) is 0 Å². The average molecular weight is 161 g/mol. The van der Waals surface area contributed by atoms with Crippen LogP contribution in [0.3, 0.4) is 0 Å². The molecule has 0 aliphatic rings. The maximum Gasteiger partial charge on any atom is 0.0994 e. The third kappa shape index (κ3) is 1.46. The van der Waals surface area contributed by atoms with Gasteiger partial charge in [-0.25, -0.2) is 0 Å². The topological polar surface area (TPSA) is 44.0 Å². The van der Waals surface area contributed by atoms with E-state index in [1.54, 1.807) is 0 Å². The quantitative estimate of drug-likeness (QED) is 0.680. The summed E-state index contributed by atoms with van der Waals surface area (Å²) in [6.07, 6.45) is 0. The van der Waals surface area contributed by atoms with Crippen molar-refractivity contribution in [2.24, 2.45) is 0 Å². The van der Waals surface area contributed by atoms with Crippen molar-refractivity contribution in [2.45, 2.75) is 20.5 Å². The first-order valence-electron chi connectivity index (χ1n) is 3.80. The SMILES string of the molecule is Cc1cc(C#N)c(C)c(CO)c1. The average Bonchev–Trinajstić information content (AvgIpc) is 2.08. The van der Waals surface area contributed by atoms with Crippen LogP contribution in [0, 0.1) is 25.2 Å². The molecule has 2 nitrogen and oxygen atoms in total. The molecule has 0 saturated carbocycles. The Morgan fingerprint density at radius 1 is 1.42 bits per heavy atom. The lowest BCUT2D eigenvalue weighted by Crippen LogP contribution is -1.93. The molecule has 1 rings (SSSR count). The van der Waals surface area contributed by atoms with Gasteiger partial charge in [0.1, 0.15) is 0 Å². The fourth-order valence-corrected chi connectivity index (χ4v) is 1.21. The number of benzene rings is 1. The van der Waals surface area contributed by atoms with E-state index in [1.807, 2.05) is 26.0 Å². The zero-order valence-electron chi connectivity index (χ0n) is 7.26. The van der Waals surface area contributed by atoms with Gasteiger partial charge in [0.05, 0.1) is 18.2 Å². The molecule has 0 aromatic heterocycles. The maximum atomic E-state index is 8.95. The predicted molar refractivity (Wildman–Crippen MR) is 46.6 cm³/mol. The third-order valence-corrected chi connectivity index (χ3v) is 1.95. The van der Waals surface area contributed by atoms with E-state index in [-0.39, 0.29) is 6.61 Å². The molecule has 0 aliphatic carbocycles. The minimum absolute atomic E-state index is 0.00218. The fourth-order valence-electron chi connectivity index (χ4n) is 1.21. The van der Waals surface area contributed by atoms with Crippen LogP contribution >= 0.6 is 0 Å². The molecular weight excluding hydrogens is 150 g/mol. The second kappa shape index (κ2) is 3.38. The van der Waals surface area contributed by atoms with E-state index in [1.165, 1.54) is 0 Å². The zero-order valence-corrected chi connectivity index (χ0v) is 7.26. The summed E-state index contributed by atoms with van der Waals surface area (Å²) in [5, 5.41) is 17.7. The molecule has 1 N–H and O–H groups in total. The number of aliphatic hydroxyl groups excluding tert-OH is 1. The van der Waals surface area contributed by atoms with E-state index in [0.717, 1.165) is 16.7 Å². The van der Waals surface area contributed by atoms with Crippen molar-refractivity contribution < 1.29 is 5.11 Å². The summed E-state index contributed by atoms with van der Waals surface area (Å²) in [7, 11) is 0. The Bertz CT molecular complexity index is 336. The highest BCUT2D eigenvalue weighted by Crippen LogP contribution is 2.15. The minimum atomic E-state index is 0.00218. The lowest BCUT2D eigenvalue weighted by atomic mass is 10.0. The van der Waals surface area contributed by atoms with Gasteiger partial charge in [0, 0.05) is 0 Å². The molecule has 12 heavy (non-hydrogen) atoms. The molecule has 0 atom stereocenters. The molecule has 0 fully saturated rings. The van der Waals surface area contributed by atoms with Crippen molar-refractivity contribution in [3.05, 3.63) is 34.4 Å². The summed E-state index contributed by atoms with van der Waals surface area (Å²) in [4.78, 5) is 0. The lowest BCUT2D eigenvalue weighted by molar-refractivity contribution is 0.281. The van der Waals surface area contributed by atoms with Gasteiger partial charge >= 0.3 is 0 Å². The number of hydrogen-bond donors (Lipinski definition) is 1. The molecule has 0 amide bonds. The van der Waals surface area contributed by atoms with Crippen LogP contribution in [0.1, 0.15) is 22.3 Å². The molecule has 1 aromatic rings. The van der Waals surface area contributed by atoms with Crippen molar-refractivity contribution >= 4 is 0 Å². The van der Waals surface area contributed by atoms with Crippen LogP contribution in [0.15, 0.2) is 12.1 Å². The molecular formula is C10H11NO. The van der Waals surface area contributed by atoms with E-state index in [4.69, 9.17) is 10.4 Å². The summed E-state index contributed by atoms with van der Waals surface area (Å²) in [5.74, 6) is 0. The molecule has 2 heteroatoms. The monoisotopic (exact) mass is 161 g/mol. The van der Waals surface area contributed by atoms with Crippen molar-refractivity contribution in [2.75, 3.05) is 0 Å². The Morgan fingerprint density at radius 3 is 2.58 bits per heavy atom. The lowest BCUT2D eigenvalue weighted by Gasteiger charge is -2.05. The highest BCUT2D eigenvalue weighted by atomic mass is 16.3. The summed E-state index contributed by atoms with van der Waals surface area (Å²) in [6.45, 7) is 3.77. The predicted octanol–water partition coefficient (Wildman–Crippen LogP) is 1.67. The van der Waals surface area contributed by atoms with Gasteiger partial charge in [-0.2, -0.15) is 5.26 Å². The van der Waals surface area contributed by atoms with Crippen molar-refractivity contribution in [1.29, 1.82) is 5.26 Å². The smallest absolute Gasteiger partial charge is 0.0994 e. The number of rotatable bonds is 1. The van der Waals surface area contributed by atoms with Crippen molar-refractivity contribution in [1.82, 2.24) is 0 Å². The first kappa shape index (κ1) is 8.76. The van der Waals surface area contributed by atoms with E-state index < -0.39 is 0 Å². The summed E-state index contributed by atoms with van der Waals surface area (Å²) in [6, 6.07) is 5.83. The van der Waals surface area contributed by atoms with Crippen molar-refractivity contribution in [3.63, 3.8) is 0 Å². The van der Waals surface area contributed by atoms with E-state index in [2.05, 4.69) is 6.07 Å². The van der Waals surface area contributed by atoms with Gasteiger partial charge in [0.15, 0.2) is 0 Å². The summed E-state index contributed by atoms with van der Waals surface area (Å²) < 4.78 is 0. The standard InChI is InChI=1S/C10H11NO/c1-7-3-9(5-11)8(2)10(4-7)6-12/h3-4,12H,6H2,1-2H3. The van der Waals surface area contributed by atoms with Crippen LogP contribution in [0.4, 0.5) is 0 Å². The Morgan fingerprint density at radius 2 is 2.08 bits per heavy atom. The maximum absolute atomic E-state index is 8.95. The summed E-state index contributed by atoms with van der Waals surface area (Å²) in [5.41, 5.74) is 3.39. The molecule has 0 radical (unpaired) electrons. The van der Waals surface area contributed by atoms with E-state index in [0.29, 0.717) is 5.56 Å². The highest BCUT2D eigenvalue weighted by Gasteiger charge is 2.03. The minimum Gasteiger partial charge on any atom is -0.392 e. The van der Waals surface area contributed by atoms with Crippen molar-refractivity contribution in [3.8, 4) is 6.07 Å². The van der Waals surface area contributed by atoms with Gasteiger partial charge < -0.3 is 5.11 Å². The Kier molecular flexibility index (Phi) is 2.47. The highest BCUT2D eigenvalue weighted by molar-refractivity contribution is 5.44. The molecule has 0 bridgehead atoms. The van der Waals surface area contributed by atoms with Crippen LogP contribution in [0.5, 0.6) is 0 Å².